The first-order chi connectivity index (χ1) is 9.02. The van der Waals surface area contributed by atoms with E-state index in [9.17, 15) is 13.6 Å². The van der Waals surface area contributed by atoms with Crippen molar-refractivity contribution < 1.29 is 28.2 Å². The number of aliphatic carboxylic acids is 1. The topological polar surface area (TPSA) is 67.8 Å². The van der Waals surface area contributed by atoms with Gasteiger partial charge in [-0.2, -0.15) is 8.78 Å². The maximum Gasteiger partial charge on any atom is 0.387 e. The van der Waals surface area contributed by atoms with Crippen molar-refractivity contribution in [1.29, 1.82) is 0 Å². The highest BCUT2D eigenvalue weighted by atomic mass is 19.3. The number of alkyl halides is 2. The first-order valence-corrected chi connectivity index (χ1v) is 5.64. The van der Waals surface area contributed by atoms with Gasteiger partial charge in [-0.1, -0.05) is 0 Å². The Balaban J connectivity index is 2.46. The highest BCUT2D eigenvalue weighted by Crippen LogP contribution is 2.36. The molecule has 1 atom stereocenters. The molecule has 0 radical (unpaired) electrons. The first-order valence-electron chi connectivity index (χ1n) is 5.64. The van der Waals surface area contributed by atoms with Crippen LogP contribution in [0.5, 0.6) is 11.5 Å². The molecule has 0 aliphatic carbocycles. The zero-order valence-electron chi connectivity index (χ0n) is 10.2. The van der Waals surface area contributed by atoms with Crippen LogP contribution in [0.2, 0.25) is 0 Å². The van der Waals surface area contributed by atoms with Crippen LogP contribution in [0, 0.1) is 0 Å². The second kappa shape index (κ2) is 5.40. The van der Waals surface area contributed by atoms with Gasteiger partial charge in [-0.15, -0.1) is 0 Å². The predicted octanol–water partition coefficient (Wildman–Crippen LogP) is 1.57. The zero-order chi connectivity index (χ0) is 14.0. The van der Waals surface area contributed by atoms with Gasteiger partial charge in [-0.05, 0) is 29.7 Å². The van der Waals surface area contributed by atoms with Gasteiger partial charge in [0.2, 0.25) is 0 Å². The molecule has 0 amide bonds. The average Bonchev–Trinajstić information content (AvgIpc) is 2.36. The van der Waals surface area contributed by atoms with Crippen molar-refractivity contribution in [2.24, 2.45) is 0 Å². The Morgan fingerprint density at radius 2 is 2.21 bits per heavy atom. The third-order valence-electron chi connectivity index (χ3n) is 2.94. The minimum atomic E-state index is -2.99. The van der Waals surface area contributed by atoms with Crippen molar-refractivity contribution >= 4 is 5.97 Å². The summed E-state index contributed by atoms with van der Waals surface area (Å²) in [6, 6.07) is 1.92. The number of carboxylic acid groups (broad SMARTS) is 1. The number of methoxy groups -OCH3 is 1. The summed E-state index contributed by atoms with van der Waals surface area (Å²) in [6.45, 7) is -2.49. The third kappa shape index (κ3) is 2.76. The molecule has 0 bridgehead atoms. The molecule has 1 aliphatic rings. The molecular weight excluding hydrogens is 260 g/mol. The number of nitrogens with one attached hydrogen (secondary N) is 1. The molecule has 1 aliphatic heterocycles. The summed E-state index contributed by atoms with van der Waals surface area (Å²) in [6.07, 6.45) is 0.602. The Morgan fingerprint density at radius 3 is 2.79 bits per heavy atom. The van der Waals surface area contributed by atoms with Crippen LogP contribution in [0.1, 0.15) is 17.2 Å². The molecule has 19 heavy (non-hydrogen) atoms. The smallest absolute Gasteiger partial charge is 0.387 e. The summed E-state index contributed by atoms with van der Waals surface area (Å²) in [5.74, 6) is -1.05. The van der Waals surface area contributed by atoms with Gasteiger partial charge in [0.05, 0.1) is 7.11 Å². The molecule has 0 saturated heterocycles. The number of fused-ring (bicyclic) bond motifs is 1. The Morgan fingerprint density at radius 1 is 1.47 bits per heavy atom. The Bertz CT molecular complexity index is 493. The van der Waals surface area contributed by atoms with E-state index < -0.39 is 18.6 Å². The number of benzene rings is 1. The van der Waals surface area contributed by atoms with E-state index in [1.165, 1.54) is 13.2 Å². The van der Waals surface area contributed by atoms with Crippen molar-refractivity contribution in [1.82, 2.24) is 5.32 Å². The quantitative estimate of drug-likeness (QED) is 0.871. The van der Waals surface area contributed by atoms with E-state index in [-0.39, 0.29) is 11.5 Å². The molecule has 104 valence electrons. The zero-order valence-corrected chi connectivity index (χ0v) is 10.2. The summed E-state index contributed by atoms with van der Waals surface area (Å²) in [4.78, 5) is 11.1. The Labute approximate surface area is 108 Å². The van der Waals surface area contributed by atoms with Crippen molar-refractivity contribution in [3.05, 3.63) is 23.3 Å². The number of hydrogen-bond donors (Lipinski definition) is 2. The number of rotatable bonds is 4. The lowest BCUT2D eigenvalue weighted by molar-refractivity contribution is -0.139. The lowest BCUT2D eigenvalue weighted by atomic mass is 9.93. The molecule has 1 aromatic carbocycles. The Hall–Kier alpha value is -1.89. The molecular formula is C12H13F2NO4. The molecule has 0 saturated carbocycles. The van der Waals surface area contributed by atoms with Gasteiger partial charge in [0.15, 0.2) is 11.5 Å². The van der Waals surface area contributed by atoms with Crippen molar-refractivity contribution in [3.8, 4) is 11.5 Å². The summed E-state index contributed by atoms with van der Waals surface area (Å²) in [5, 5.41) is 11.9. The SMILES string of the molecule is COc1cc2c(cc1OC(F)F)C(C(=O)O)NCC2. The fourth-order valence-corrected chi connectivity index (χ4v) is 2.13. The second-order valence-corrected chi connectivity index (χ2v) is 4.06. The number of hydrogen-bond acceptors (Lipinski definition) is 4. The van der Waals surface area contributed by atoms with Crippen LogP contribution < -0.4 is 14.8 Å². The normalized spacial score (nSPS) is 18.0. The fraction of sp³-hybridized carbons (Fsp3) is 0.417. The highest BCUT2D eigenvalue weighted by Gasteiger charge is 2.28. The lowest BCUT2D eigenvalue weighted by Crippen LogP contribution is -2.35. The first kappa shape index (κ1) is 13.5. The number of ether oxygens (including phenoxy) is 2. The monoisotopic (exact) mass is 273 g/mol. The average molecular weight is 273 g/mol. The molecule has 0 aromatic heterocycles. The summed E-state index contributed by atoms with van der Waals surface area (Å²) < 4.78 is 34.0. The minimum absolute atomic E-state index is 0.161. The van der Waals surface area contributed by atoms with E-state index in [2.05, 4.69) is 10.1 Å². The van der Waals surface area contributed by atoms with Gasteiger partial charge >= 0.3 is 12.6 Å². The number of carbonyl (C=O) groups is 1. The van der Waals surface area contributed by atoms with Gasteiger partial charge < -0.3 is 19.9 Å². The number of halogens is 2. The molecule has 1 unspecified atom stereocenters. The number of carboxylic acids is 1. The second-order valence-electron chi connectivity index (χ2n) is 4.06. The molecule has 0 fully saturated rings. The van der Waals surface area contributed by atoms with Gasteiger partial charge in [0.25, 0.3) is 0 Å². The van der Waals surface area contributed by atoms with Crippen LogP contribution in [-0.4, -0.2) is 31.3 Å². The van der Waals surface area contributed by atoms with Crippen LogP contribution in [0.3, 0.4) is 0 Å². The van der Waals surface area contributed by atoms with Crippen molar-refractivity contribution in [2.75, 3.05) is 13.7 Å². The molecule has 2 rings (SSSR count). The maximum absolute atomic E-state index is 12.3. The summed E-state index contributed by atoms with van der Waals surface area (Å²) in [5.41, 5.74) is 1.18. The van der Waals surface area contributed by atoms with Gasteiger partial charge in [-0.3, -0.25) is 4.79 Å². The maximum atomic E-state index is 12.3. The van der Waals surface area contributed by atoms with E-state index >= 15 is 0 Å². The van der Waals surface area contributed by atoms with Crippen molar-refractivity contribution in [3.63, 3.8) is 0 Å². The molecule has 1 aromatic rings. The van der Waals surface area contributed by atoms with Crippen LogP contribution in [0.4, 0.5) is 8.78 Å². The standard InChI is InChI=1S/C12H13F2NO4/c1-18-8-4-6-2-3-15-10(11(16)17)7(6)5-9(8)19-12(13)14/h4-5,10,12,15H,2-3H2,1H3,(H,16,17). The lowest BCUT2D eigenvalue weighted by Gasteiger charge is -2.25. The van der Waals surface area contributed by atoms with E-state index in [1.807, 2.05) is 0 Å². The van der Waals surface area contributed by atoms with Crippen LogP contribution in [0.15, 0.2) is 12.1 Å². The molecule has 7 heteroatoms. The van der Waals surface area contributed by atoms with Gasteiger partial charge in [0.1, 0.15) is 6.04 Å². The van der Waals surface area contributed by atoms with E-state index in [0.29, 0.717) is 18.5 Å². The van der Waals surface area contributed by atoms with Crippen LogP contribution in [-0.2, 0) is 11.2 Å². The van der Waals surface area contributed by atoms with E-state index in [1.54, 1.807) is 6.07 Å². The van der Waals surface area contributed by atoms with E-state index in [0.717, 1.165) is 5.56 Å². The minimum Gasteiger partial charge on any atom is -0.493 e. The fourth-order valence-electron chi connectivity index (χ4n) is 2.13. The van der Waals surface area contributed by atoms with E-state index in [4.69, 9.17) is 9.84 Å². The van der Waals surface area contributed by atoms with Gasteiger partial charge in [0, 0.05) is 6.54 Å². The summed E-state index contributed by atoms with van der Waals surface area (Å²) in [7, 11) is 1.34. The predicted molar refractivity (Wildman–Crippen MR) is 61.7 cm³/mol. The Kier molecular flexibility index (Phi) is 3.84. The molecule has 0 spiro atoms. The molecule has 1 heterocycles. The van der Waals surface area contributed by atoms with Crippen LogP contribution >= 0.6 is 0 Å². The van der Waals surface area contributed by atoms with Crippen molar-refractivity contribution in [2.45, 2.75) is 19.1 Å². The van der Waals surface area contributed by atoms with Crippen LogP contribution in [0.25, 0.3) is 0 Å². The highest BCUT2D eigenvalue weighted by molar-refractivity contribution is 5.77. The largest absolute Gasteiger partial charge is 0.493 e. The molecule has 2 N–H and O–H groups in total. The summed E-state index contributed by atoms with van der Waals surface area (Å²) >= 11 is 0. The molecule has 5 nitrogen and oxygen atoms in total. The van der Waals surface area contributed by atoms with Gasteiger partial charge in [-0.25, -0.2) is 0 Å². The third-order valence-corrected chi connectivity index (χ3v) is 2.94.